The molecule has 2 N–H and O–H groups in total. The summed E-state index contributed by atoms with van der Waals surface area (Å²) in [5.41, 5.74) is 5.22. The number of rotatable bonds is 7. The Hall–Kier alpha value is -2.47. The van der Waals surface area contributed by atoms with Gasteiger partial charge in [-0.15, -0.1) is 0 Å². The van der Waals surface area contributed by atoms with Crippen LogP contribution in [0.3, 0.4) is 0 Å². The fourth-order valence-electron chi connectivity index (χ4n) is 2.10. The van der Waals surface area contributed by atoms with Gasteiger partial charge in [0.2, 0.25) is 11.8 Å². The third-order valence-corrected chi connectivity index (χ3v) is 3.97. The summed E-state index contributed by atoms with van der Waals surface area (Å²) in [6, 6.07) is 15.2. The van der Waals surface area contributed by atoms with E-state index < -0.39 is 0 Å². The number of anilines is 1. The molecular weight excluding hydrogens is 382 g/mol. The van der Waals surface area contributed by atoms with Crippen LogP contribution in [0.1, 0.15) is 30.9 Å². The number of halogens is 1. The average Bonchev–Trinajstić information content (AvgIpc) is 2.61. The highest BCUT2D eigenvalue weighted by molar-refractivity contribution is 9.10. The van der Waals surface area contributed by atoms with E-state index in [4.69, 9.17) is 0 Å². The molecule has 0 fully saturated rings. The topological polar surface area (TPSA) is 70.6 Å². The lowest BCUT2D eigenvalue weighted by atomic mass is 10.1. The molecular formula is C19H20BrN3O2. The molecule has 0 unspecified atom stereocenters. The molecule has 0 spiro atoms. The fourth-order valence-corrected chi connectivity index (χ4v) is 2.51. The van der Waals surface area contributed by atoms with Crippen LogP contribution in [0, 0.1) is 0 Å². The van der Waals surface area contributed by atoms with Gasteiger partial charge in [0.25, 0.3) is 0 Å². The number of nitrogens with zero attached hydrogens (tertiary/aromatic N) is 1. The van der Waals surface area contributed by atoms with E-state index in [1.54, 1.807) is 6.21 Å². The Balaban J connectivity index is 1.72. The van der Waals surface area contributed by atoms with Crippen molar-refractivity contribution in [1.29, 1.82) is 0 Å². The molecule has 25 heavy (non-hydrogen) atoms. The molecule has 0 aliphatic rings. The Bertz CT molecular complexity index is 758. The van der Waals surface area contributed by atoms with Gasteiger partial charge in [0, 0.05) is 23.0 Å². The first-order valence-corrected chi connectivity index (χ1v) is 8.82. The summed E-state index contributed by atoms with van der Waals surface area (Å²) < 4.78 is 0.936. The van der Waals surface area contributed by atoms with E-state index in [9.17, 15) is 9.59 Å². The van der Waals surface area contributed by atoms with Crippen molar-refractivity contribution in [2.24, 2.45) is 5.10 Å². The molecule has 2 amide bonds. The number of benzene rings is 2. The first kappa shape index (κ1) is 18.9. The number of hydrogen-bond acceptors (Lipinski definition) is 3. The van der Waals surface area contributed by atoms with Crippen molar-refractivity contribution < 1.29 is 9.59 Å². The maximum Gasteiger partial charge on any atom is 0.240 e. The Morgan fingerprint density at radius 1 is 1.08 bits per heavy atom. The highest BCUT2D eigenvalue weighted by Crippen LogP contribution is 2.11. The standard InChI is InChI=1S/C19H20BrN3O2/c1-2-14-6-8-17(9-7-14)22-18(24)10-11-19(25)23-21-13-15-4-3-5-16(20)12-15/h3-9,12-13H,2,10-11H2,1H3,(H,22,24)(H,23,25)/b21-13+. The van der Waals surface area contributed by atoms with Crippen molar-refractivity contribution in [3.05, 3.63) is 64.1 Å². The summed E-state index contributed by atoms with van der Waals surface area (Å²) in [5.74, 6) is -0.502. The van der Waals surface area contributed by atoms with E-state index in [0.29, 0.717) is 0 Å². The highest BCUT2D eigenvalue weighted by atomic mass is 79.9. The van der Waals surface area contributed by atoms with Crippen molar-refractivity contribution in [2.45, 2.75) is 26.2 Å². The first-order valence-electron chi connectivity index (χ1n) is 8.03. The number of hydrazone groups is 1. The second kappa shape index (κ2) is 9.74. The Kier molecular flexibility index (Phi) is 7.35. The minimum absolute atomic E-state index is 0.0781. The molecule has 0 aromatic heterocycles. The lowest BCUT2D eigenvalue weighted by Crippen LogP contribution is -2.20. The van der Waals surface area contributed by atoms with Crippen LogP contribution in [0.4, 0.5) is 5.69 Å². The molecule has 2 aromatic carbocycles. The van der Waals surface area contributed by atoms with Gasteiger partial charge in [-0.3, -0.25) is 9.59 Å². The zero-order valence-corrected chi connectivity index (χ0v) is 15.5. The number of amides is 2. The molecule has 0 saturated carbocycles. The van der Waals surface area contributed by atoms with Gasteiger partial charge in [-0.25, -0.2) is 5.43 Å². The van der Waals surface area contributed by atoms with Gasteiger partial charge in [-0.05, 0) is 41.8 Å². The van der Waals surface area contributed by atoms with E-state index in [1.807, 2.05) is 48.5 Å². The lowest BCUT2D eigenvalue weighted by molar-refractivity contribution is -0.124. The molecule has 2 rings (SSSR count). The zero-order chi connectivity index (χ0) is 18.1. The number of nitrogens with one attached hydrogen (secondary N) is 2. The number of aryl methyl sites for hydroxylation is 1. The molecule has 130 valence electrons. The molecule has 5 nitrogen and oxygen atoms in total. The van der Waals surface area contributed by atoms with Gasteiger partial charge >= 0.3 is 0 Å². The van der Waals surface area contributed by atoms with Crippen LogP contribution in [-0.4, -0.2) is 18.0 Å². The van der Waals surface area contributed by atoms with E-state index in [-0.39, 0.29) is 24.7 Å². The fraction of sp³-hybridized carbons (Fsp3) is 0.211. The van der Waals surface area contributed by atoms with Crippen LogP contribution in [0.5, 0.6) is 0 Å². The second-order valence-electron chi connectivity index (χ2n) is 5.45. The summed E-state index contributed by atoms with van der Waals surface area (Å²) in [6.07, 6.45) is 2.69. The molecule has 0 aliphatic carbocycles. The van der Waals surface area contributed by atoms with Crippen molar-refractivity contribution in [3.8, 4) is 0 Å². The monoisotopic (exact) mass is 401 g/mol. The van der Waals surface area contributed by atoms with Crippen LogP contribution in [0.25, 0.3) is 0 Å². The first-order chi connectivity index (χ1) is 12.1. The molecule has 2 aromatic rings. The van der Waals surface area contributed by atoms with Gasteiger partial charge in [0.15, 0.2) is 0 Å². The smallest absolute Gasteiger partial charge is 0.240 e. The maximum atomic E-state index is 11.9. The predicted molar refractivity (Wildman–Crippen MR) is 104 cm³/mol. The van der Waals surface area contributed by atoms with E-state index in [0.717, 1.165) is 22.1 Å². The second-order valence-corrected chi connectivity index (χ2v) is 6.36. The third kappa shape index (κ3) is 6.89. The average molecular weight is 402 g/mol. The van der Waals surface area contributed by atoms with Gasteiger partial charge in [-0.1, -0.05) is 47.1 Å². The summed E-state index contributed by atoms with van der Waals surface area (Å²) in [6.45, 7) is 2.07. The third-order valence-electron chi connectivity index (χ3n) is 3.48. The Morgan fingerprint density at radius 2 is 1.80 bits per heavy atom. The van der Waals surface area contributed by atoms with Gasteiger partial charge in [0.05, 0.1) is 6.21 Å². The van der Waals surface area contributed by atoms with Crippen LogP contribution in [0.2, 0.25) is 0 Å². The Morgan fingerprint density at radius 3 is 2.48 bits per heavy atom. The van der Waals surface area contributed by atoms with E-state index >= 15 is 0 Å². The summed E-state index contributed by atoms with van der Waals surface area (Å²) in [5, 5.41) is 6.66. The molecule has 0 atom stereocenters. The number of carbonyl (C=O) groups excluding carboxylic acids is 2. The van der Waals surface area contributed by atoms with Crippen LogP contribution < -0.4 is 10.7 Å². The quantitative estimate of drug-likeness (QED) is 0.545. The van der Waals surface area contributed by atoms with Crippen molar-refractivity contribution in [3.63, 3.8) is 0 Å². The molecule has 0 bridgehead atoms. The van der Waals surface area contributed by atoms with Crippen LogP contribution >= 0.6 is 15.9 Å². The molecule has 0 aliphatic heterocycles. The minimum Gasteiger partial charge on any atom is -0.326 e. The number of carbonyl (C=O) groups is 2. The largest absolute Gasteiger partial charge is 0.326 e. The van der Waals surface area contributed by atoms with Crippen molar-refractivity contribution in [2.75, 3.05) is 5.32 Å². The highest BCUT2D eigenvalue weighted by Gasteiger charge is 2.06. The molecule has 0 radical (unpaired) electrons. The Labute approximate surface area is 155 Å². The summed E-state index contributed by atoms with van der Waals surface area (Å²) in [7, 11) is 0. The van der Waals surface area contributed by atoms with Crippen LogP contribution in [-0.2, 0) is 16.0 Å². The van der Waals surface area contributed by atoms with E-state index in [1.165, 1.54) is 5.56 Å². The molecule has 6 heteroatoms. The van der Waals surface area contributed by atoms with Gasteiger partial charge in [0.1, 0.15) is 0 Å². The maximum absolute atomic E-state index is 11.9. The lowest BCUT2D eigenvalue weighted by Gasteiger charge is -2.05. The van der Waals surface area contributed by atoms with Crippen molar-refractivity contribution >= 4 is 39.6 Å². The molecule has 0 saturated heterocycles. The molecule has 0 heterocycles. The van der Waals surface area contributed by atoms with Gasteiger partial charge in [-0.2, -0.15) is 5.10 Å². The van der Waals surface area contributed by atoms with Crippen molar-refractivity contribution in [1.82, 2.24) is 5.43 Å². The van der Waals surface area contributed by atoms with Crippen LogP contribution in [0.15, 0.2) is 58.1 Å². The summed E-state index contributed by atoms with van der Waals surface area (Å²) >= 11 is 3.37. The number of hydrogen-bond donors (Lipinski definition) is 2. The van der Waals surface area contributed by atoms with E-state index in [2.05, 4.69) is 38.7 Å². The summed E-state index contributed by atoms with van der Waals surface area (Å²) in [4.78, 5) is 23.6. The SMILES string of the molecule is CCc1ccc(NC(=O)CCC(=O)N/N=C/c2cccc(Br)c2)cc1. The van der Waals surface area contributed by atoms with Gasteiger partial charge < -0.3 is 5.32 Å². The zero-order valence-electron chi connectivity index (χ0n) is 14.0. The minimum atomic E-state index is -0.303. The normalized spacial score (nSPS) is 10.6. The predicted octanol–water partition coefficient (Wildman–Crippen LogP) is 3.88.